The summed E-state index contributed by atoms with van der Waals surface area (Å²) in [6.45, 7) is 9.04. The molecule has 0 aromatic heterocycles. The number of nitrogens with zero attached hydrogens (tertiary/aromatic N) is 1. The summed E-state index contributed by atoms with van der Waals surface area (Å²) in [6, 6.07) is 11.1. The molecule has 11 heteroatoms. The van der Waals surface area contributed by atoms with Gasteiger partial charge in [0.1, 0.15) is 24.1 Å². The van der Waals surface area contributed by atoms with E-state index in [1.807, 2.05) is 32.1 Å². The molecular formula is C43H58N2O9. The van der Waals surface area contributed by atoms with Crippen molar-refractivity contribution < 1.29 is 43.6 Å². The molecule has 0 saturated heterocycles. The summed E-state index contributed by atoms with van der Waals surface area (Å²) in [6.07, 6.45) is 7.21. The van der Waals surface area contributed by atoms with Crippen LogP contribution in [-0.4, -0.2) is 84.2 Å². The maximum absolute atomic E-state index is 14.3. The van der Waals surface area contributed by atoms with Gasteiger partial charge in [0.15, 0.2) is 23.4 Å². The zero-order valence-corrected chi connectivity index (χ0v) is 32.9. The van der Waals surface area contributed by atoms with E-state index in [0.717, 1.165) is 5.57 Å². The number of hydrogen-bond acceptors (Lipinski definition) is 9. The van der Waals surface area contributed by atoms with Gasteiger partial charge in [-0.2, -0.15) is 0 Å². The molecule has 2 aromatic carbocycles. The number of phenolic OH excluding ortho intramolecular Hbond substituents is 1. The average Bonchev–Trinajstić information content (AvgIpc) is 3.16. The van der Waals surface area contributed by atoms with Crippen LogP contribution in [-0.2, 0) is 35.1 Å². The summed E-state index contributed by atoms with van der Waals surface area (Å²) < 4.78 is 17.0. The van der Waals surface area contributed by atoms with Crippen LogP contribution in [0.4, 0.5) is 0 Å². The Labute approximate surface area is 320 Å². The summed E-state index contributed by atoms with van der Waals surface area (Å²) >= 11 is 0. The molecule has 6 atom stereocenters. The lowest BCUT2D eigenvalue weighted by Crippen LogP contribution is -2.56. The molecule has 4 unspecified atom stereocenters. The minimum atomic E-state index is -1.23. The molecule has 1 aliphatic rings. The Morgan fingerprint density at radius 3 is 2.37 bits per heavy atom. The maximum atomic E-state index is 14.3. The number of ether oxygens (including phenoxy) is 3. The highest BCUT2D eigenvalue weighted by Crippen LogP contribution is 2.29. The number of aliphatic hydroxyl groups excluding tert-OH is 1. The van der Waals surface area contributed by atoms with Crippen molar-refractivity contribution in [2.75, 3.05) is 21.3 Å². The smallest absolute Gasteiger partial charge is 0.329 e. The highest BCUT2D eigenvalue weighted by molar-refractivity contribution is 6.10. The Morgan fingerprint density at radius 1 is 1.04 bits per heavy atom. The van der Waals surface area contributed by atoms with Crippen molar-refractivity contribution >= 4 is 23.6 Å². The van der Waals surface area contributed by atoms with E-state index < -0.39 is 53.9 Å². The van der Waals surface area contributed by atoms with Gasteiger partial charge in [-0.25, -0.2) is 4.79 Å². The highest BCUT2D eigenvalue weighted by Gasteiger charge is 2.38. The first-order chi connectivity index (χ1) is 25.7. The van der Waals surface area contributed by atoms with Crippen LogP contribution < -0.4 is 10.1 Å². The number of ketones is 1. The summed E-state index contributed by atoms with van der Waals surface area (Å²) in [5, 5.41) is 24.4. The van der Waals surface area contributed by atoms with Crippen molar-refractivity contribution in [1.29, 1.82) is 0 Å². The number of Topliss-reactive ketones (excluding diaryl/α,β-unsaturated/α-hetero) is 1. The zero-order valence-electron chi connectivity index (χ0n) is 32.9. The van der Waals surface area contributed by atoms with E-state index in [-0.39, 0.29) is 36.2 Å². The number of esters is 1. The largest absolute Gasteiger partial charge is 0.504 e. The molecular weight excluding hydrogens is 688 g/mol. The number of aromatic hydroxyl groups is 1. The number of phenols is 1. The van der Waals surface area contributed by atoms with Gasteiger partial charge in [-0.1, -0.05) is 87.9 Å². The molecule has 11 nitrogen and oxygen atoms in total. The molecule has 0 bridgehead atoms. The van der Waals surface area contributed by atoms with Crippen LogP contribution in [0.1, 0.15) is 84.0 Å². The molecule has 2 aromatic rings. The number of rotatable bonds is 8. The van der Waals surface area contributed by atoms with Crippen LogP contribution in [0.3, 0.4) is 0 Å². The average molecular weight is 747 g/mol. The van der Waals surface area contributed by atoms with E-state index in [9.17, 15) is 29.4 Å². The summed E-state index contributed by atoms with van der Waals surface area (Å²) in [5.41, 5.74) is 2.52. The number of likely N-dealkylation sites (N-methyl/N-ethyl adjacent to an activating group) is 1. The standard InChI is InChI=1S/C43H58N2O9/c1-9-16-32-39(48)29(5)17-13-14-22-36(52-7)28(4)18-15-21-35(47)40(31-19-11-10-12-20-31)54-43(51)38(27(2)3)44-41(49)33(45(6)42(32)50)25-30-23-24-34(46)37(26-30)53-8/h10-12,15,17-21,23-24,26-27,32-33,35-36,38,40,46-47H,9,13-14,16,22,25H2,1-8H3,(H,44,49)/b21-15+,28-18+,29-17+/t32?,33?,35-,36?,38+,40?/m1/s1. The van der Waals surface area contributed by atoms with E-state index in [1.54, 1.807) is 76.4 Å². The summed E-state index contributed by atoms with van der Waals surface area (Å²) in [4.78, 5) is 57.7. The van der Waals surface area contributed by atoms with Gasteiger partial charge in [-0.3, -0.25) is 14.4 Å². The first-order valence-electron chi connectivity index (χ1n) is 18.7. The molecule has 0 fully saturated rings. The van der Waals surface area contributed by atoms with Gasteiger partial charge in [0, 0.05) is 20.6 Å². The van der Waals surface area contributed by atoms with Gasteiger partial charge in [-0.05, 0) is 79.9 Å². The number of carbonyl (C=O) groups is 4. The predicted octanol–water partition coefficient (Wildman–Crippen LogP) is 6.19. The van der Waals surface area contributed by atoms with Crippen LogP contribution >= 0.6 is 0 Å². The second-order valence-electron chi connectivity index (χ2n) is 14.2. The molecule has 0 radical (unpaired) electrons. The number of hydrogen-bond donors (Lipinski definition) is 3. The monoisotopic (exact) mass is 746 g/mol. The minimum Gasteiger partial charge on any atom is -0.504 e. The van der Waals surface area contributed by atoms with Gasteiger partial charge < -0.3 is 34.6 Å². The van der Waals surface area contributed by atoms with Gasteiger partial charge in [0.25, 0.3) is 0 Å². The first-order valence-corrected chi connectivity index (χ1v) is 18.7. The molecule has 0 saturated carbocycles. The lowest BCUT2D eigenvalue weighted by molar-refractivity contribution is -0.159. The number of benzene rings is 2. The fourth-order valence-electron chi connectivity index (χ4n) is 6.51. The van der Waals surface area contributed by atoms with E-state index >= 15 is 0 Å². The molecule has 54 heavy (non-hydrogen) atoms. The van der Waals surface area contributed by atoms with Crippen molar-refractivity contribution in [3.63, 3.8) is 0 Å². The topological polar surface area (TPSA) is 152 Å². The number of carbonyl (C=O) groups excluding carboxylic acids is 4. The quantitative estimate of drug-likeness (QED) is 0.212. The van der Waals surface area contributed by atoms with Gasteiger partial charge >= 0.3 is 5.97 Å². The van der Waals surface area contributed by atoms with Crippen molar-refractivity contribution in [1.82, 2.24) is 10.2 Å². The Kier molecular flexibility index (Phi) is 17.2. The third kappa shape index (κ3) is 11.9. The number of amides is 2. The highest BCUT2D eigenvalue weighted by atomic mass is 16.6. The SMILES string of the molecule is CCCC1C(=O)/C(C)=C/CCCC(OC)/C(C)=C/C=C/[C@@H](O)C(c2ccccc2)OC(=O)[C@H](C(C)C)NC(=O)C(Cc2ccc(O)c(OC)c2)N(C)C1=O. The number of aliphatic hydroxyl groups is 1. The fourth-order valence-corrected chi connectivity index (χ4v) is 6.51. The molecule has 3 N–H and O–H groups in total. The lowest BCUT2D eigenvalue weighted by Gasteiger charge is -2.32. The third-order valence-corrected chi connectivity index (χ3v) is 9.85. The molecule has 0 aliphatic carbocycles. The Balaban J connectivity index is 2.14. The second kappa shape index (κ2) is 21.2. The molecule has 1 aliphatic heterocycles. The number of nitrogens with one attached hydrogen (secondary N) is 1. The zero-order chi connectivity index (χ0) is 39.9. The lowest BCUT2D eigenvalue weighted by atomic mass is 9.90. The van der Waals surface area contributed by atoms with E-state index in [0.29, 0.717) is 42.4 Å². The molecule has 0 spiro atoms. The minimum absolute atomic E-state index is 0.0177. The maximum Gasteiger partial charge on any atom is 0.329 e. The molecule has 1 heterocycles. The fraction of sp³-hybridized carbons (Fsp3) is 0.488. The van der Waals surface area contributed by atoms with Crippen LogP contribution in [0, 0.1) is 11.8 Å². The van der Waals surface area contributed by atoms with E-state index in [1.165, 1.54) is 25.1 Å². The summed E-state index contributed by atoms with van der Waals surface area (Å²) in [7, 11) is 4.52. The molecule has 294 valence electrons. The predicted molar refractivity (Wildman–Crippen MR) is 208 cm³/mol. The van der Waals surface area contributed by atoms with Gasteiger partial charge in [0.2, 0.25) is 11.8 Å². The van der Waals surface area contributed by atoms with E-state index in [4.69, 9.17) is 14.2 Å². The summed E-state index contributed by atoms with van der Waals surface area (Å²) in [5.74, 6) is -3.63. The number of methoxy groups -OCH3 is 2. The van der Waals surface area contributed by atoms with Crippen molar-refractivity contribution in [2.24, 2.45) is 11.8 Å². The Hall–Kier alpha value is -4.74. The van der Waals surface area contributed by atoms with Crippen LogP contribution in [0.15, 0.2) is 84.0 Å². The molecule has 2 amide bonds. The van der Waals surface area contributed by atoms with E-state index in [2.05, 4.69) is 5.32 Å². The first kappa shape index (κ1) is 43.7. The second-order valence-corrected chi connectivity index (χ2v) is 14.2. The number of cyclic esters (lactones) is 1. The molecule has 3 rings (SSSR count). The number of allylic oxidation sites excluding steroid dienone is 4. The van der Waals surface area contributed by atoms with Crippen molar-refractivity contribution in [3.05, 3.63) is 95.1 Å². The third-order valence-electron chi connectivity index (χ3n) is 9.85. The van der Waals surface area contributed by atoms with Crippen molar-refractivity contribution in [3.8, 4) is 11.5 Å². The normalized spacial score (nSPS) is 27.0. The van der Waals surface area contributed by atoms with Gasteiger partial charge in [-0.15, -0.1) is 0 Å². The van der Waals surface area contributed by atoms with Crippen LogP contribution in [0.5, 0.6) is 11.5 Å². The van der Waals surface area contributed by atoms with Crippen LogP contribution in [0.25, 0.3) is 0 Å². The van der Waals surface area contributed by atoms with Crippen molar-refractivity contribution in [2.45, 2.75) is 104 Å². The Morgan fingerprint density at radius 2 is 1.74 bits per heavy atom. The Bertz CT molecular complexity index is 1670. The van der Waals surface area contributed by atoms with Gasteiger partial charge in [0.05, 0.1) is 13.2 Å². The van der Waals surface area contributed by atoms with Crippen LogP contribution in [0.2, 0.25) is 0 Å².